The van der Waals surface area contributed by atoms with Crippen molar-refractivity contribution in [3.05, 3.63) is 36.0 Å². The lowest BCUT2D eigenvalue weighted by Gasteiger charge is -2.43. The second kappa shape index (κ2) is 8.62. The second-order valence-corrected chi connectivity index (χ2v) is 12.3. The number of piperidine rings is 1. The average Bonchev–Trinajstić information content (AvgIpc) is 3.42. The predicted molar refractivity (Wildman–Crippen MR) is 123 cm³/mol. The van der Waals surface area contributed by atoms with Crippen molar-refractivity contribution in [2.75, 3.05) is 30.8 Å². The van der Waals surface area contributed by atoms with E-state index in [9.17, 15) is 18.3 Å². The van der Waals surface area contributed by atoms with Crippen LogP contribution in [0.15, 0.2) is 33.7 Å². The first-order valence-electron chi connectivity index (χ1n) is 11.3. The van der Waals surface area contributed by atoms with Gasteiger partial charge in [-0.25, -0.2) is 13.2 Å². The third kappa shape index (κ3) is 5.00. The van der Waals surface area contributed by atoms with Gasteiger partial charge in [0.1, 0.15) is 0 Å². The van der Waals surface area contributed by atoms with Crippen LogP contribution in [0.1, 0.15) is 63.6 Å². The molecule has 1 aromatic heterocycles. The van der Waals surface area contributed by atoms with E-state index in [1.807, 2.05) is 12.1 Å². The summed E-state index contributed by atoms with van der Waals surface area (Å²) in [6.45, 7) is 8.20. The van der Waals surface area contributed by atoms with E-state index in [1.54, 1.807) is 17.0 Å². The fourth-order valence-electron chi connectivity index (χ4n) is 4.93. The molecular formula is C23H32N4O5S. The third-order valence-corrected chi connectivity index (χ3v) is 7.97. The van der Waals surface area contributed by atoms with E-state index in [1.165, 1.54) is 6.26 Å². The molecule has 0 saturated carbocycles. The summed E-state index contributed by atoms with van der Waals surface area (Å²) in [5.74, 6) is 1.47. The molecule has 1 N–H and O–H groups in total. The highest BCUT2D eigenvalue weighted by Crippen LogP contribution is 2.39. The van der Waals surface area contributed by atoms with Gasteiger partial charge in [0, 0.05) is 43.5 Å². The lowest BCUT2D eigenvalue weighted by atomic mass is 9.77. The van der Waals surface area contributed by atoms with Gasteiger partial charge in [0.25, 0.3) is 0 Å². The number of nitrogens with zero attached hydrogens (tertiary/aromatic N) is 4. The Bertz CT molecular complexity index is 1110. The third-order valence-electron chi connectivity index (χ3n) is 6.84. The van der Waals surface area contributed by atoms with E-state index in [0.29, 0.717) is 36.0 Å². The van der Waals surface area contributed by atoms with Crippen LogP contribution in [0.25, 0.3) is 0 Å². The molecule has 2 fully saturated rings. The van der Waals surface area contributed by atoms with Crippen LogP contribution in [0.4, 0.5) is 10.5 Å². The minimum Gasteiger partial charge on any atom is -0.465 e. The summed E-state index contributed by atoms with van der Waals surface area (Å²) >= 11 is 0. The van der Waals surface area contributed by atoms with E-state index < -0.39 is 15.9 Å². The predicted octanol–water partition coefficient (Wildman–Crippen LogP) is 3.74. The standard InChI is InChI=1S/C23H32N4O5S/c1-23(2,3)19-13-15(10-12-27(19)22(28)29)20-24-21(32-25-20)16-9-11-26(14-16)17-5-7-18(8-6-17)33(4,30)31/h5-8,15-16,19H,9-14H2,1-4H3,(H,28,29). The summed E-state index contributed by atoms with van der Waals surface area (Å²) < 4.78 is 29.0. The van der Waals surface area contributed by atoms with Crippen LogP contribution in [0.5, 0.6) is 0 Å². The Balaban J connectivity index is 1.43. The number of sulfone groups is 1. The molecular weight excluding hydrogens is 444 g/mol. The zero-order valence-corrected chi connectivity index (χ0v) is 20.4. The van der Waals surface area contributed by atoms with Crippen LogP contribution in [-0.2, 0) is 9.84 Å². The van der Waals surface area contributed by atoms with Crippen LogP contribution in [0.2, 0.25) is 0 Å². The molecule has 0 radical (unpaired) electrons. The van der Waals surface area contributed by atoms with Crippen molar-refractivity contribution in [1.82, 2.24) is 15.0 Å². The second-order valence-electron chi connectivity index (χ2n) is 10.3. The Hall–Kier alpha value is -2.62. The zero-order chi connectivity index (χ0) is 24.0. The van der Waals surface area contributed by atoms with E-state index in [-0.39, 0.29) is 23.3 Å². The highest BCUT2D eigenvalue weighted by Gasteiger charge is 2.40. The summed E-state index contributed by atoms with van der Waals surface area (Å²) in [4.78, 5) is 20.5. The monoisotopic (exact) mass is 476 g/mol. The molecule has 180 valence electrons. The molecule has 9 nitrogen and oxygen atoms in total. The number of carboxylic acid groups (broad SMARTS) is 1. The van der Waals surface area contributed by atoms with E-state index >= 15 is 0 Å². The molecule has 2 aliphatic heterocycles. The first-order valence-corrected chi connectivity index (χ1v) is 13.2. The lowest BCUT2D eigenvalue weighted by molar-refractivity contribution is 0.0513. The Morgan fingerprint density at radius 3 is 2.39 bits per heavy atom. The number of carbonyl (C=O) groups is 1. The summed E-state index contributed by atoms with van der Waals surface area (Å²) in [5, 5.41) is 13.9. The number of amides is 1. The van der Waals surface area contributed by atoms with E-state index in [0.717, 1.165) is 25.2 Å². The minimum absolute atomic E-state index is 0.0726. The van der Waals surface area contributed by atoms with Crippen molar-refractivity contribution >= 4 is 21.6 Å². The molecule has 10 heteroatoms. The molecule has 0 spiro atoms. The molecule has 3 atom stereocenters. The highest BCUT2D eigenvalue weighted by atomic mass is 32.2. The van der Waals surface area contributed by atoms with Gasteiger partial charge < -0.3 is 19.4 Å². The van der Waals surface area contributed by atoms with Crippen LogP contribution >= 0.6 is 0 Å². The van der Waals surface area contributed by atoms with Gasteiger partial charge in [-0.3, -0.25) is 0 Å². The van der Waals surface area contributed by atoms with Crippen molar-refractivity contribution in [3.63, 3.8) is 0 Å². The molecule has 2 aliphatic rings. The molecule has 4 rings (SSSR count). The van der Waals surface area contributed by atoms with Crippen LogP contribution in [0, 0.1) is 5.41 Å². The number of aromatic nitrogens is 2. The lowest BCUT2D eigenvalue weighted by Crippen LogP contribution is -2.51. The van der Waals surface area contributed by atoms with Crippen molar-refractivity contribution in [3.8, 4) is 0 Å². The maximum Gasteiger partial charge on any atom is 0.407 e. The van der Waals surface area contributed by atoms with E-state index in [2.05, 4.69) is 30.8 Å². The molecule has 1 aromatic carbocycles. The zero-order valence-electron chi connectivity index (χ0n) is 19.6. The number of anilines is 1. The Morgan fingerprint density at radius 2 is 1.79 bits per heavy atom. The fraction of sp³-hybridized carbons (Fsp3) is 0.609. The Kier molecular flexibility index (Phi) is 6.15. The fourth-order valence-corrected chi connectivity index (χ4v) is 5.56. The van der Waals surface area contributed by atoms with Gasteiger partial charge in [-0.05, 0) is 48.9 Å². The number of hydrogen-bond acceptors (Lipinski definition) is 7. The normalized spacial score (nSPS) is 24.3. The van der Waals surface area contributed by atoms with Crippen LogP contribution in [0.3, 0.4) is 0 Å². The Labute approximate surface area is 194 Å². The minimum atomic E-state index is -3.21. The average molecular weight is 477 g/mol. The molecule has 3 unspecified atom stereocenters. The number of rotatable bonds is 4. The van der Waals surface area contributed by atoms with Gasteiger partial charge >= 0.3 is 6.09 Å². The van der Waals surface area contributed by atoms with Gasteiger partial charge in [0.2, 0.25) is 5.89 Å². The Morgan fingerprint density at radius 1 is 1.12 bits per heavy atom. The number of benzene rings is 1. The molecule has 0 aliphatic carbocycles. The maximum absolute atomic E-state index is 11.7. The largest absolute Gasteiger partial charge is 0.465 e. The van der Waals surface area contributed by atoms with Crippen molar-refractivity contribution in [2.24, 2.45) is 5.41 Å². The smallest absolute Gasteiger partial charge is 0.407 e. The number of hydrogen-bond donors (Lipinski definition) is 1. The first kappa shape index (κ1) is 23.5. The number of likely N-dealkylation sites (tertiary alicyclic amines) is 1. The van der Waals surface area contributed by atoms with Gasteiger partial charge in [0.05, 0.1) is 10.8 Å². The topological polar surface area (TPSA) is 117 Å². The van der Waals surface area contributed by atoms with Crippen LogP contribution in [-0.4, -0.2) is 66.6 Å². The quantitative estimate of drug-likeness (QED) is 0.709. The highest BCUT2D eigenvalue weighted by molar-refractivity contribution is 7.90. The summed E-state index contributed by atoms with van der Waals surface area (Å²) in [7, 11) is -3.21. The summed E-state index contributed by atoms with van der Waals surface area (Å²) in [5.41, 5.74) is 0.793. The van der Waals surface area contributed by atoms with Gasteiger partial charge in [0.15, 0.2) is 15.7 Å². The summed E-state index contributed by atoms with van der Waals surface area (Å²) in [6, 6.07) is 6.84. The molecule has 2 aromatic rings. The van der Waals surface area contributed by atoms with Crippen molar-refractivity contribution < 1.29 is 22.8 Å². The van der Waals surface area contributed by atoms with Gasteiger partial charge in [-0.15, -0.1) is 0 Å². The molecule has 2 saturated heterocycles. The molecule has 1 amide bonds. The van der Waals surface area contributed by atoms with Crippen molar-refractivity contribution in [1.29, 1.82) is 0 Å². The van der Waals surface area contributed by atoms with Gasteiger partial charge in [-0.1, -0.05) is 25.9 Å². The van der Waals surface area contributed by atoms with Crippen LogP contribution < -0.4 is 4.90 Å². The first-order chi connectivity index (χ1) is 15.4. The summed E-state index contributed by atoms with van der Waals surface area (Å²) in [6.07, 6.45) is 2.56. The van der Waals surface area contributed by atoms with Crippen molar-refractivity contribution in [2.45, 2.75) is 62.8 Å². The SMILES string of the molecule is CC(C)(C)C1CC(c2noc(C3CCN(c4ccc(S(C)(=O)=O)cc4)C3)n2)CCN1C(=O)O. The molecule has 0 bridgehead atoms. The molecule has 33 heavy (non-hydrogen) atoms. The van der Waals surface area contributed by atoms with Gasteiger partial charge in [-0.2, -0.15) is 4.98 Å². The maximum atomic E-state index is 11.7. The molecule has 3 heterocycles. The van der Waals surface area contributed by atoms with E-state index in [4.69, 9.17) is 9.51 Å².